The standard InChI is InChI=1S/C20H15Cl2FN4O3S/c1-24-19(30)26-17(28)10-31-20-25-15(9-11-6-7-12(21)13(22)8-11)18(29)27(20)16-5-3-2-4-14(16)23/h2-9H,10H2,1H3,(H2,24,26,28,30). The van der Waals surface area contributed by atoms with Gasteiger partial charge in [0, 0.05) is 7.05 Å². The largest absolute Gasteiger partial charge is 0.341 e. The van der Waals surface area contributed by atoms with Crippen molar-refractivity contribution in [2.45, 2.75) is 0 Å². The number of anilines is 1. The average molecular weight is 481 g/mol. The minimum atomic E-state index is -0.666. The van der Waals surface area contributed by atoms with Gasteiger partial charge in [0.2, 0.25) is 5.91 Å². The van der Waals surface area contributed by atoms with Crippen LogP contribution in [0.25, 0.3) is 6.08 Å². The molecule has 0 bridgehead atoms. The van der Waals surface area contributed by atoms with Gasteiger partial charge in [0.05, 0.1) is 21.5 Å². The average Bonchev–Trinajstić information content (AvgIpc) is 3.04. The van der Waals surface area contributed by atoms with E-state index in [9.17, 15) is 18.8 Å². The lowest BCUT2D eigenvalue weighted by Gasteiger charge is -2.18. The third-order valence-electron chi connectivity index (χ3n) is 3.98. The van der Waals surface area contributed by atoms with Crippen LogP contribution in [-0.2, 0) is 9.59 Å². The van der Waals surface area contributed by atoms with Gasteiger partial charge in [0.25, 0.3) is 5.91 Å². The van der Waals surface area contributed by atoms with Crippen LogP contribution in [0.15, 0.2) is 53.2 Å². The second-order valence-electron chi connectivity index (χ2n) is 6.11. The Labute approximate surface area is 191 Å². The topological polar surface area (TPSA) is 90.9 Å². The normalized spacial score (nSPS) is 14.6. The molecule has 3 rings (SSSR count). The number of nitrogens with one attached hydrogen (secondary N) is 2. The molecule has 160 valence electrons. The van der Waals surface area contributed by atoms with Crippen molar-refractivity contribution >= 4 is 69.7 Å². The Morgan fingerprint density at radius 3 is 2.61 bits per heavy atom. The van der Waals surface area contributed by atoms with E-state index in [1.165, 1.54) is 31.3 Å². The Kier molecular flexibility index (Phi) is 7.32. The van der Waals surface area contributed by atoms with Gasteiger partial charge in [-0.15, -0.1) is 0 Å². The molecule has 1 heterocycles. The summed E-state index contributed by atoms with van der Waals surface area (Å²) in [6.45, 7) is 0. The van der Waals surface area contributed by atoms with Gasteiger partial charge in [-0.25, -0.2) is 14.2 Å². The highest BCUT2D eigenvalue weighted by Gasteiger charge is 2.34. The van der Waals surface area contributed by atoms with Gasteiger partial charge in [-0.3, -0.25) is 19.8 Å². The van der Waals surface area contributed by atoms with Gasteiger partial charge in [-0.2, -0.15) is 0 Å². The predicted molar refractivity (Wildman–Crippen MR) is 121 cm³/mol. The lowest BCUT2D eigenvalue weighted by Crippen LogP contribution is -2.39. The zero-order chi connectivity index (χ0) is 22.5. The van der Waals surface area contributed by atoms with E-state index < -0.39 is 23.7 Å². The number of para-hydroxylation sites is 1. The molecule has 0 unspecified atom stereocenters. The molecular weight excluding hydrogens is 466 g/mol. The molecular formula is C20H15Cl2FN4O3S. The van der Waals surface area contributed by atoms with E-state index in [1.807, 2.05) is 0 Å². The molecule has 0 radical (unpaired) electrons. The molecule has 0 saturated heterocycles. The highest BCUT2D eigenvalue weighted by Crippen LogP contribution is 2.31. The minimum Gasteiger partial charge on any atom is -0.341 e. The van der Waals surface area contributed by atoms with E-state index in [1.54, 1.807) is 24.3 Å². The fraction of sp³-hybridized carbons (Fsp3) is 0.100. The van der Waals surface area contributed by atoms with Crippen molar-refractivity contribution in [2.75, 3.05) is 17.7 Å². The Hall–Kier alpha value is -2.88. The molecule has 0 atom stereocenters. The van der Waals surface area contributed by atoms with Gasteiger partial charge < -0.3 is 5.32 Å². The number of amidine groups is 1. The number of urea groups is 1. The van der Waals surface area contributed by atoms with Gasteiger partial charge in [-0.05, 0) is 35.9 Å². The van der Waals surface area contributed by atoms with Crippen molar-refractivity contribution in [3.05, 3.63) is 69.6 Å². The Morgan fingerprint density at radius 1 is 1.19 bits per heavy atom. The number of imide groups is 1. The van der Waals surface area contributed by atoms with Crippen molar-refractivity contribution in [1.82, 2.24) is 10.6 Å². The number of thioether (sulfide) groups is 1. The molecule has 7 nitrogen and oxygen atoms in total. The number of benzene rings is 2. The minimum absolute atomic E-state index is 0.0111. The summed E-state index contributed by atoms with van der Waals surface area (Å²) >= 11 is 12.8. The lowest BCUT2D eigenvalue weighted by molar-refractivity contribution is -0.117. The molecule has 11 heteroatoms. The molecule has 0 spiro atoms. The summed E-state index contributed by atoms with van der Waals surface area (Å²) in [5, 5.41) is 5.12. The van der Waals surface area contributed by atoms with E-state index >= 15 is 0 Å². The molecule has 2 aromatic rings. The number of amides is 4. The van der Waals surface area contributed by atoms with Crippen LogP contribution in [0.4, 0.5) is 14.9 Å². The summed E-state index contributed by atoms with van der Waals surface area (Å²) in [5.41, 5.74) is 0.581. The lowest BCUT2D eigenvalue weighted by atomic mass is 10.2. The number of carbonyl (C=O) groups is 3. The molecule has 2 aromatic carbocycles. The highest BCUT2D eigenvalue weighted by molar-refractivity contribution is 8.14. The number of nitrogens with zero attached hydrogens (tertiary/aromatic N) is 2. The summed E-state index contributed by atoms with van der Waals surface area (Å²) in [7, 11) is 1.37. The van der Waals surface area contributed by atoms with Crippen LogP contribution < -0.4 is 15.5 Å². The van der Waals surface area contributed by atoms with Gasteiger partial charge in [0.1, 0.15) is 11.5 Å². The van der Waals surface area contributed by atoms with Gasteiger partial charge in [0.15, 0.2) is 5.17 Å². The first-order valence-corrected chi connectivity index (χ1v) is 10.5. The zero-order valence-corrected chi connectivity index (χ0v) is 18.3. The van der Waals surface area contributed by atoms with Crippen LogP contribution in [0.3, 0.4) is 0 Å². The quantitative estimate of drug-likeness (QED) is 0.645. The van der Waals surface area contributed by atoms with Crippen LogP contribution in [0.1, 0.15) is 5.56 Å². The molecule has 0 fully saturated rings. The van der Waals surface area contributed by atoms with Crippen molar-refractivity contribution < 1.29 is 18.8 Å². The molecule has 0 aromatic heterocycles. The first-order chi connectivity index (χ1) is 14.8. The van der Waals surface area contributed by atoms with E-state index in [0.717, 1.165) is 16.7 Å². The second kappa shape index (κ2) is 9.95. The Bertz CT molecular complexity index is 1120. The summed E-state index contributed by atoms with van der Waals surface area (Å²) in [4.78, 5) is 41.6. The number of hydrogen-bond donors (Lipinski definition) is 2. The van der Waals surface area contributed by atoms with E-state index in [2.05, 4.69) is 15.6 Å². The molecule has 1 aliphatic heterocycles. The second-order valence-corrected chi connectivity index (χ2v) is 7.86. The number of hydrogen-bond acceptors (Lipinski definition) is 5. The number of aliphatic imine (C=N–C) groups is 1. The Balaban J connectivity index is 1.92. The third kappa shape index (κ3) is 5.43. The smallest absolute Gasteiger partial charge is 0.321 e. The van der Waals surface area contributed by atoms with Crippen LogP contribution in [0.5, 0.6) is 0 Å². The van der Waals surface area contributed by atoms with Crippen molar-refractivity contribution in [2.24, 2.45) is 4.99 Å². The van der Waals surface area contributed by atoms with Crippen LogP contribution in [-0.4, -0.2) is 35.8 Å². The maximum atomic E-state index is 14.4. The van der Waals surface area contributed by atoms with E-state index in [4.69, 9.17) is 23.2 Å². The molecule has 0 aliphatic carbocycles. The van der Waals surface area contributed by atoms with Gasteiger partial charge >= 0.3 is 6.03 Å². The number of carbonyl (C=O) groups excluding carboxylic acids is 3. The monoisotopic (exact) mass is 480 g/mol. The molecule has 0 saturated carbocycles. The van der Waals surface area contributed by atoms with Gasteiger partial charge in [-0.1, -0.05) is 53.2 Å². The van der Waals surface area contributed by atoms with Crippen LogP contribution >= 0.6 is 35.0 Å². The van der Waals surface area contributed by atoms with Crippen LogP contribution in [0, 0.1) is 5.82 Å². The molecule has 4 amide bonds. The van der Waals surface area contributed by atoms with Crippen LogP contribution in [0.2, 0.25) is 10.0 Å². The molecule has 1 aliphatic rings. The number of halogens is 3. The van der Waals surface area contributed by atoms with Crippen molar-refractivity contribution in [3.63, 3.8) is 0 Å². The van der Waals surface area contributed by atoms with E-state index in [-0.39, 0.29) is 22.3 Å². The highest BCUT2D eigenvalue weighted by atomic mass is 35.5. The number of rotatable bonds is 4. The summed E-state index contributed by atoms with van der Waals surface area (Å²) in [6.07, 6.45) is 1.48. The maximum Gasteiger partial charge on any atom is 0.321 e. The molecule has 2 N–H and O–H groups in total. The first-order valence-electron chi connectivity index (χ1n) is 8.79. The summed E-state index contributed by atoms with van der Waals surface area (Å²) in [5.74, 6) is -2.03. The van der Waals surface area contributed by atoms with E-state index in [0.29, 0.717) is 15.6 Å². The molecule has 31 heavy (non-hydrogen) atoms. The predicted octanol–water partition coefficient (Wildman–Crippen LogP) is 4.07. The first kappa shape index (κ1) is 22.8. The Morgan fingerprint density at radius 2 is 1.94 bits per heavy atom. The fourth-order valence-electron chi connectivity index (χ4n) is 2.55. The summed E-state index contributed by atoms with van der Waals surface area (Å²) in [6, 6.07) is 9.84. The fourth-order valence-corrected chi connectivity index (χ4v) is 3.67. The maximum absolute atomic E-state index is 14.4. The summed E-state index contributed by atoms with van der Waals surface area (Å²) < 4.78 is 14.4. The van der Waals surface area contributed by atoms with Crippen molar-refractivity contribution in [3.8, 4) is 0 Å². The third-order valence-corrected chi connectivity index (χ3v) is 5.66. The SMILES string of the molecule is CNC(=O)NC(=O)CSC1=NC(=Cc2ccc(Cl)c(Cl)c2)C(=O)N1c1ccccc1F. The van der Waals surface area contributed by atoms with Crippen molar-refractivity contribution in [1.29, 1.82) is 0 Å². The zero-order valence-electron chi connectivity index (χ0n) is 16.0.